The van der Waals surface area contributed by atoms with Crippen molar-refractivity contribution in [1.29, 1.82) is 0 Å². The minimum atomic E-state index is -0.190. The SMILES string of the molecule is Cc1cc(OCCN(C)C)ccc1F. The Morgan fingerprint density at radius 2 is 2.07 bits per heavy atom. The summed E-state index contributed by atoms with van der Waals surface area (Å²) in [5, 5.41) is 0. The lowest BCUT2D eigenvalue weighted by molar-refractivity contribution is 0.261. The van der Waals surface area contributed by atoms with E-state index in [9.17, 15) is 4.39 Å². The number of nitrogens with zero attached hydrogens (tertiary/aromatic N) is 1. The summed E-state index contributed by atoms with van der Waals surface area (Å²) < 4.78 is 18.3. The molecule has 0 radical (unpaired) electrons. The van der Waals surface area contributed by atoms with Crippen molar-refractivity contribution in [3.05, 3.63) is 29.6 Å². The monoisotopic (exact) mass is 197 g/mol. The highest BCUT2D eigenvalue weighted by Gasteiger charge is 1.99. The predicted octanol–water partition coefficient (Wildman–Crippen LogP) is 2.07. The van der Waals surface area contributed by atoms with Crippen LogP contribution in [0.25, 0.3) is 0 Å². The van der Waals surface area contributed by atoms with Crippen LogP contribution < -0.4 is 4.74 Å². The van der Waals surface area contributed by atoms with Gasteiger partial charge in [-0.1, -0.05) is 0 Å². The standard InChI is InChI=1S/C11H16FNO/c1-9-8-10(4-5-11(9)12)14-7-6-13(2)3/h4-5,8H,6-7H2,1-3H3. The summed E-state index contributed by atoms with van der Waals surface area (Å²) in [6.07, 6.45) is 0. The Hall–Kier alpha value is -1.09. The molecule has 0 unspecified atom stereocenters. The van der Waals surface area contributed by atoms with Crippen LogP contribution in [0.3, 0.4) is 0 Å². The second kappa shape index (κ2) is 4.96. The average molecular weight is 197 g/mol. The minimum absolute atomic E-state index is 0.190. The fourth-order valence-electron chi connectivity index (χ4n) is 1.05. The fraction of sp³-hybridized carbons (Fsp3) is 0.455. The van der Waals surface area contributed by atoms with Crippen molar-refractivity contribution in [2.45, 2.75) is 6.92 Å². The topological polar surface area (TPSA) is 12.5 Å². The first kappa shape index (κ1) is 11.0. The maximum absolute atomic E-state index is 12.9. The number of ether oxygens (including phenoxy) is 1. The van der Waals surface area contributed by atoms with E-state index in [1.54, 1.807) is 19.1 Å². The Bertz CT molecular complexity index is 299. The quantitative estimate of drug-likeness (QED) is 0.732. The van der Waals surface area contributed by atoms with Crippen LogP contribution in [0.4, 0.5) is 4.39 Å². The van der Waals surface area contributed by atoms with Crippen molar-refractivity contribution < 1.29 is 9.13 Å². The van der Waals surface area contributed by atoms with Crippen molar-refractivity contribution in [2.75, 3.05) is 27.2 Å². The van der Waals surface area contributed by atoms with Crippen molar-refractivity contribution in [2.24, 2.45) is 0 Å². The summed E-state index contributed by atoms with van der Waals surface area (Å²) in [5.41, 5.74) is 0.618. The van der Waals surface area contributed by atoms with Crippen LogP contribution in [0.2, 0.25) is 0 Å². The average Bonchev–Trinajstić information content (AvgIpc) is 2.10. The maximum Gasteiger partial charge on any atom is 0.126 e. The van der Waals surface area contributed by atoms with E-state index in [0.29, 0.717) is 12.2 Å². The smallest absolute Gasteiger partial charge is 0.126 e. The summed E-state index contributed by atoms with van der Waals surface area (Å²) in [6.45, 7) is 3.21. The van der Waals surface area contributed by atoms with Crippen LogP contribution >= 0.6 is 0 Å². The third-order valence-corrected chi connectivity index (χ3v) is 1.94. The summed E-state index contributed by atoms with van der Waals surface area (Å²) in [7, 11) is 3.97. The van der Waals surface area contributed by atoms with E-state index in [-0.39, 0.29) is 5.82 Å². The van der Waals surface area contributed by atoms with Gasteiger partial charge in [0.1, 0.15) is 18.2 Å². The molecule has 0 atom stereocenters. The second-order valence-corrected chi connectivity index (χ2v) is 3.56. The van der Waals surface area contributed by atoms with Crippen LogP contribution in [-0.4, -0.2) is 32.1 Å². The Kier molecular flexibility index (Phi) is 3.89. The molecule has 0 N–H and O–H groups in total. The predicted molar refractivity (Wildman–Crippen MR) is 55.2 cm³/mol. The maximum atomic E-state index is 12.9. The normalized spacial score (nSPS) is 10.6. The Balaban J connectivity index is 2.47. The zero-order chi connectivity index (χ0) is 10.6. The van der Waals surface area contributed by atoms with Crippen molar-refractivity contribution >= 4 is 0 Å². The highest BCUT2D eigenvalue weighted by atomic mass is 19.1. The van der Waals surface area contributed by atoms with Gasteiger partial charge in [-0.15, -0.1) is 0 Å². The molecule has 0 heterocycles. The van der Waals surface area contributed by atoms with E-state index in [0.717, 1.165) is 12.3 Å². The molecular formula is C11H16FNO. The molecule has 0 aromatic heterocycles. The van der Waals surface area contributed by atoms with E-state index < -0.39 is 0 Å². The van der Waals surface area contributed by atoms with Gasteiger partial charge in [-0.05, 0) is 44.8 Å². The molecule has 1 aromatic rings. The summed E-state index contributed by atoms with van der Waals surface area (Å²) >= 11 is 0. The molecule has 0 spiro atoms. The number of halogens is 1. The van der Waals surface area contributed by atoms with Gasteiger partial charge in [0.05, 0.1) is 0 Å². The van der Waals surface area contributed by atoms with Gasteiger partial charge in [-0.2, -0.15) is 0 Å². The first-order valence-electron chi connectivity index (χ1n) is 4.63. The highest BCUT2D eigenvalue weighted by Crippen LogP contribution is 2.15. The first-order chi connectivity index (χ1) is 6.59. The molecule has 0 saturated heterocycles. The molecule has 0 fully saturated rings. The van der Waals surface area contributed by atoms with Gasteiger partial charge >= 0.3 is 0 Å². The number of likely N-dealkylation sites (N-methyl/N-ethyl adjacent to an activating group) is 1. The van der Waals surface area contributed by atoms with Crippen molar-refractivity contribution in [3.8, 4) is 5.75 Å². The molecule has 14 heavy (non-hydrogen) atoms. The summed E-state index contributed by atoms with van der Waals surface area (Å²) in [5.74, 6) is 0.538. The van der Waals surface area contributed by atoms with Crippen molar-refractivity contribution in [3.63, 3.8) is 0 Å². The van der Waals surface area contributed by atoms with Gasteiger partial charge in [0.15, 0.2) is 0 Å². The minimum Gasteiger partial charge on any atom is -0.492 e. The first-order valence-corrected chi connectivity index (χ1v) is 4.63. The molecule has 3 heteroatoms. The van der Waals surface area contributed by atoms with Crippen LogP contribution in [-0.2, 0) is 0 Å². The van der Waals surface area contributed by atoms with Crippen LogP contribution in [0.15, 0.2) is 18.2 Å². The molecule has 0 bridgehead atoms. The molecule has 1 aromatic carbocycles. The molecule has 1 rings (SSSR count). The van der Waals surface area contributed by atoms with Crippen LogP contribution in [0.1, 0.15) is 5.56 Å². The number of benzene rings is 1. The second-order valence-electron chi connectivity index (χ2n) is 3.56. The summed E-state index contributed by atoms with van der Waals surface area (Å²) in [6, 6.07) is 4.79. The van der Waals surface area contributed by atoms with Gasteiger partial charge in [0.25, 0.3) is 0 Å². The van der Waals surface area contributed by atoms with Gasteiger partial charge < -0.3 is 9.64 Å². The van der Waals surface area contributed by atoms with E-state index in [1.807, 2.05) is 19.0 Å². The number of hydrogen-bond donors (Lipinski definition) is 0. The summed E-state index contributed by atoms with van der Waals surface area (Å²) in [4.78, 5) is 2.04. The zero-order valence-corrected chi connectivity index (χ0v) is 8.88. The van der Waals surface area contributed by atoms with Crippen LogP contribution in [0, 0.1) is 12.7 Å². The molecular weight excluding hydrogens is 181 g/mol. The molecule has 0 aliphatic rings. The third-order valence-electron chi connectivity index (χ3n) is 1.94. The lowest BCUT2D eigenvalue weighted by Crippen LogP contribution is -2.19. The molecule has 78 valence electrons. The Morgan fingerprint density at radius 1 is 1.36 bits per heavy atom. The Labute approximate surface area is 84.3 Å². The van der Waals surface area contributed by atoms with Gasteiger partial charge in [0, 0.05) is 6.54 Å². The van der Waals surface area contributed by atoms with Crippen LogP contribution in [0.5, 0.6) is 5.75 Å². The molecule has 0 aliphatic heterocycles. The number of hydrogen-bond acceptors (Lipinski definition) is 2. The molecule has 0 amide bonds. The van der Waals surface area contributed by atoms with E-state index in [1.165, 1.54) is 6.07 Å². The zero-order valence-electron chi connectivity index (χ0n) is 8.88. The Morgan fingerprint density at radius 3 is 2.64 bits per heavy atom. The fourth-order valence-corrected chi connectivity index (χ4v) is 1.05. The van der Waals surface area contributed by atoms with E-state index >= 15 is 0 Å². The van der Waals surface area contributed by atoms with Gasteiger partial charge in [-0.3, -0.25) is 0 Å². The van der Waals surface area contributed by atoms with Crippen molar-refractivity contribution in [1.82, 2.24) is 4.90 Å². The van der Waals surface area contributed by atoms with E-state index in [2.05, 4.69) is 0 Å². The largest absolute Gasteiger partial charge is 0.492 e. The lowest BCUT2D eigenvalue weighted by Gasteiger charge is -2.11. The molecule has 0 aliphatic carbocycles. The third kappa shape index (κ3) is 3.34. The molecule has 0 saturated carbocycles. The van der Waals surface area contributed by atoms with E-state index in [4.69, 9.17) is 4.74 Å². The van der Waals surface area contributed by atoms with Gasteiger partial charge in [-0.25, -0.2) is 4.39 Å². The molecule has 2 nitrogen and oxygen atoms in total. The number of rotatable bonds is 4. The van der Waals surface area contributed by atoms with Gasteiger partial charge in [0.2, 0.25) is 0 Å². The number of aryl methyl sites for hydroxylation is 1. The lowest BCUT2D eigenvalue weighted by atomic mass is 10.2. The highest BCUT2D eigenvalue weighted by molar-refractivity contribution is 5.28.